The Morgan fingerprint density at radius 2 is 1.79 bits per heavy atom. The summed E-state index contributed by atoms with van der Waals surface area (Å²) >= 11 is 0. The molecule has 0 fully saturated rings. The van der Waals surface area contributed by atoms with Gasteiger partial charge < -0.3 is 9.52 Å². The van der Waals surface area contributed by atoms with Crippen molar-refractivity contribution in [2.75, 3.05) is 0 Å². The molecule has 0 bridgehead atoms. The number of hydrogen-bond acceptors (Lipinski definition) is 2. The first-order valence-electron chi connectivity index (χ1n) is 7.11. The number of aliphatic hydroxyl groups excluding tert-OH is 1. The maximum atomic E-state index is 9.74. The van der Waals surface area contributed by atoms with E-state index in [-0.39, 0.29) is 0 Å². The minimum atomic E-state index is -0.502. The van der Waals surface area contributed by atoms with Gasteiger partial charge in [-0.3, -0.25) is 0 Å². The first-order chi connectivity index (χ1) is 9.24. The lowest BCUT2D eigenvalue weighted by molar-refractivity contribution is 0.147. The third-order valence-corrected chi connectivity index (χ3v) is 3.40. The minimum Gasteiger partial charge on any atom is -0.458 e. The van der Waals surface area contributed by atoms with Crippen molar-refractivity contribution in [3.63, 3.8) is 0 Å². The highest BCUT2D eigenvalue weighted by Gasteiger charge is 2.11. The van der Waals surface area contributed by atoms with Crippen molar-refractivity contribution < 1.29 is 9.52 Å². The second kappa shape index (κ2) is 6.58. The van der Waals surface area contributed by atoms with Crippen LogP contribution in [-0.2, 0) is 6.42 Å². The summed E-state index contributed by atoms with van der Waals surface area (Å²) < 4.78 is 5.69. The monoisotopic (exact) mass is 258 g/mol. The fourth-order valence-corrected chi connectivity index (χ4v) is 2.10. The molecule has 0 spiro atoms. The van der Waals surface area contributed by atoms with E-state index in [9.17, 15) is 5.11 Å². The van der Waals surface area contributed by atoms with Gasteiger partial charge in [0.1, 0.15) is 17.6 Å². The lowest BCUT2D eigenvalue weighted by atomic mass is 10.1. The van der Waals surface area contributed by atoms with E-state index >= 15 is 0 Å². The van der Waals surface area contributed by atoms with E-state index in [2.05, 4.69) is 31.2 Å². The van der Waals surface area contributed by atoms with Crippen LogP contribution in [0.15, 0.2) is 40.8 Å². The number of aliphatic hydroxyl groups is 1. The molecular weight excluding hydrogens is 236 g/mol. The second-order valence-corrected chi connectivity index (χ2v) is 4.93. The Bertz CT molecular complexity index is 496. The summed E-state index contributed by atoms with van der Waals surface area (Å²) in [6.07, 6.45) is 3.75. The van der Waals surface area contributed by atoms with Crippen LogP contribution in [0, 0.1) is 0 Å². The van der Waals surface area contributed by atoms with Gasteiger partial charge in [-0.2, -0.15) is 0 Å². The van der Waals surface area contributed by atoms with Gasteiger partial charge >= 0.3 is 0 Å². The molecule has 0 saturated heterocycles. The molecule has 1 heterocycles. The van der Waals surface area contributed by atoms with Crippen molar-refractivity contribution in [3.05, 3.63) is 47.7 Å². The zero-order chi connectivity index (χ0) is 13.7. The molecule has 0 amide bonds. The largest absolute Gasteiger partial charge is 0.458 e. The number of unbranched alkanes of at least 4 members (excludes halogenated alkanes) is 1. The predicted molar refractivity (Wildman–Crippen MR) is 78.0 cm³/mol. The molecule has 0 aliphatic carbocycles. The van der Waals surface area contributed by atoms with Gasteiger partial charge in [-0.1, -0.05) is 44.5 Å². The van der Waals surface area contributed by atoms with Gasteiger partial charge in [0.05, 0.1) is 0 Å². The van der Waals surface area contributed by atoms with Crippen LogP contribution in [0.1, 0.15) is 50.5 Å². The average molecular weight is 258 g/mol. The molecule has 2 aromatic rings. The fourth-order valence-electron chi connectivity index (χ4n) is 2.10. The molecule has 0 aliphatic heterocycles. The molecule has 19 heavy (non-hydrogen) atoms. The van der Waals surface area contributed by atoms with Crippen molar-refractivity contribution in [1.29, 1.82) is 0 Å². The van der Waals surface area contributed by atoms with E-state index in [1.165, 1.54) is 18.4 Å². The molecule has 2 nitrogen and oxygen atoms in total. The van der Waals surface area contributed by atoms with Crippen LogP contribution in [0.5, 0.6) is 0 Å². The summed E-state index contributed by atoms with van der Waals surface area (Å²) in [7, 11) is 0. The summed E-state index contributed by atoms with van der Waals surface area (Å²) in [5, 5.41) is 9.74. The molecule has 2 rings (SSSR count). The zero-order valence-electron chi connectivity index (χ0n) is 11.7. The Kier molecular flexibility index (Phi) is 4.80. The highest BCUT2D eigenvalue weighted by atomic mass is 16.4. The van der Waals surface area contributed by atoms with Crippen LogP contribution in [0.25, 0.3) is 11.3 Å². The molecule has 102 valence electrons. The third-order valence-electron chi connectivity index (χ3n) is 3.40. The lowest BCUT2D eigenvalue weighted by Crippen LogP contribution is -1.91. The van der Waals surface area contributed by atoms with Crippen LogP contribution >= 0.6 is 0 Å². The van der Waals surface area contributed by atoms with Crippen molar-refractivity contribution in [1.82, 2.24) is 0 Å². The molecule has 0 radical (unpaired) electrons. The number of rotatable bonds is 6. The quantitative estimate of drug-likeness (QED) is 0.812. The Balaban J connectivity index is 2.11. The summed E-state index contributed by atoms with van der Waals surface area (Å²) in [6.45, 7) is 4.15. The van der Waals surface area contributed by atoms with Crippen molar-refractivity contribution in [2.45, 2.75) is 45.6 Å². The van der Waals surface area contributed by atoms with E-state index in [1.807, 2.05) is 19.1 Å². The van der Waals surface area contributed by atoms with Crippen LogP contribution in [-0.4, -0.2) is 5.11 Å². The normalized spacial score (nSPS) is 12.6. The van der Waals surface area contributed by atoms with Crippen molar-refractivity contribution >= 4 is 0 Å². The zero-order valence-corrected chi connectivity index (χ0v) is 11.7. The third kappa shape index (κ3) is 3.48. The first kappa shape index (κ1) is 13.9. The molecule has 0 saturated carbocycles. The van der Waals surface area contributed by atoms with E-state index < -0.39 is 6.10 Å². The Morgan fingerprint density at radius 1 is 1.05 bits per heavy atom. The predicted octanol–water partition coefficient (Wildman–Crippen LogP) is 4.73. The first-order valence-corrected chi connectivity index (χ1v) is 7.11. The number of furan rings is 1. The van der Waals surface area contributed by atoms with E-state index in [1.54, 1.807) is 0 Å². The number of aryl methyl sites for hydroxylation is 1. The summed E-state index contributed by atoms with van der Waals surface area (Å²) in [4.78, 5) is 0. The van der Waals surface area contributed by atoms with E-state index in [4.69, 9.17) is 4.42 Å². The Hall–Kier alpha value is -1.54. The van der Waals surface area contributed by atoms with Gasteiger partial charge in [-0.05, 0) is 37.0 Å². The molecule has 0 aliphatic rings. The lowest BCUT2D eigenvalue weighted by Gasteiger charge is -2.04. The van der Waals surface area contributed by atoms with Gasteiger partial charge in [0, 0.05) is 5.56 Å². The molecule has 1 atom stereocenters. The smallest absolute Gasteiger partial charge is 0.134 e. The average Bonchev–Trinajstić information content (AvgIpc) is 2.94. The number of hydrogen-bond donors (Lipinski definition) is 1. The van der Waals surface area contributed by atoms with E-state index in [0.717, 1.165) is 17.7 Å². The van der Waals surface area contributed by atoms with Gasteiger partial charge in [0.25, 0.3) is 0 Å². The summed E-state index contributed by atoms with van der Waals surface area (Å²) in [5.41, 5.74) is 2.43. The van der Waals surface area contributed by atoms with Crippen LogP contribution in [0.2, 0.25) is 0 Å². The highest BCUT2D eigenvalue weighted by molar-refractivity contribution is 5.58. The summed E-state index contributed by atoms with van der Waals surface area (Å²) in [6, 6.07) is 12.3. The molecule has 2 heteroatoms. The van der Waals surface area contributed by atoms with Crippen LogP contribution < -0.4 is 0 Å². The topological polar surface area (TPSA) is 33.4 Å². The number of benzene rings is 1. The molecule has 1 aromatic carbocycles. The van der Waals surface area contributed by atoms with Crippen LogP contribution in [0.4, 0.5) is 0 Å². The van der Waals surface area contributed by atoms with Crippen molar-refractivity contribution in [3.8, 4) is 11.3 Å². The molecule has 1 aromatic heterocycles. The van der Waals surface area contributed by atoms with Gasteiger partial charge in [-0.15, -0.1) is 0 Å². The van der Waals surface area contributed by atoms with Gasteiger partial charge in [-0.25, -0.2) is 0 Å². The summed E-state index contributed by atoms with van der Waals surface area (Å²) in [5.74, 6) is 1.47. The van der Waals surface area contributed by atoms with Crippen LogP contribution in [0.3, 0.4) is 0 Å². The van der Waals surface area contributed by atoms with Gasteiger partial charge in [0.15, 0.2) is 0 Å². The van der Waals surface area contributed by atoms with E-state index in [0.29, 0.717) is 12.2 Å². The highest BCUT2D eigenvalue weighted by Crippen LogP contribution is 2.26. The fraction of sp³-hybridized carbons (Fsp3) is 0.412. The van der Waals surface area contributed by atoms with Crippen molar-refractivity contribution in [2.24, 2.45) is 0 Å². The Morgan fingerprint density at radius 3 is 2.42 bits per heavy atom. The Labute approximate surface area is 115 Å². The second-order valence-electron chi connectivity index (χ2n) is 4.93. The maximum absolute atomic E-state index is 9.74. The minimum absolute atomic E-state index is 0.502. The molecule has 1 unspecified atom stereocenters. The molecule has 1 N–H and O–H groups in total. The molecular formula is C17H22O2. The standard InChI is InChI=1S/C17H22O2/c1-3-5-6-13-7-9-14(10-8-13)16-11-12-17(19-16)15(18)4-2/h7-12,15,18H,3-6H2,1-2H3. The maximum Gasteiger partial charge on any atom is 0.134 e. The SMILES string of the molecule is CCCCc1ccc(-c2ccc(C(O)CC)o2)cc1. The van der Waals surface area contributed by atoms with Gasteiger partial charge in [0.2, 0.25) is 0 Å².